The quantitative estimate of drug-likeness (QED) is 0.860. The molecule has 0 radical (unpaired) electrons. The number of nitrogens with zero attached hydrogens (tertiary/aromatic N) is 3. The number of hydrogen-bond acceptors (Lipinski definition) is 4. The van der Waals surface area contributed by atoms with Gasteiger partial charge in [0.2, 0.25) is 0 Å². The van der Waals surface area contributed by atoms with Crippen LogP contribution in [0.15, 0.2) is 12.4 Å². The van der Waals surface area contributed by atoms with Crippen molar-refractivity contribution in [2.45, 2.75) is 19.9 Å². The van der Waals surface area contributed by atoms with Crippen molar-refractivity contribution in [2.24, 2.45) is 0 Å². The summed E-state index contributed by atoms with van der Waals surface area (Å²) in [5, 5.41) is 3.06. The van der Waals surface area contributed by atoms with Crippen molar-refractivity contribution in [1.29, 1.82) is 0 Å². The van der Waals surface area contributed by atoms with Crippen LogP contribution in [0.4, 0.5) is 0 Å². The summed E-state index contributed by atoms with van der Waals surface area (Å²) in [6.07, 6.45) is 2.72. The van der Waals surface area contributed by atoms with Crippen molar-refractivity contribution in [2.75, 3.05) is 20.1 Å². The number of likely N-dealkylation sites (N-methyl/N-ethyl adjacent to an activating group) is 1. The molecule has 1 heterocycles. The van der Waals surface area contributed by atoms with E-state index in [0.717, 1.165) is 6.54 Å². The predicted molar refractivity (Wildman–Crippen MR) is 67.1 cm³/mol. The molecular weight excluding hydrogens is 240 g/mol. The third-order valence-corrected chi connectivity index (χ3v) is 2.68. The van der Waals surface area contributed by atoms with Crippen molar-refractivity contribution >= 4 is 17.5 Å². The van der Waals surface area contributed by atoms with Gasteiger partial charge in [-0.1, -0.05) is 11.6 Å². The summed E-state index contributed by atoms with van der Waals surface area (Å²) in [5.41, 5.74) is 0.279. The molecule has 94 valence electrons. The Balaban J connectivity index is 2.37. The molecule has 0 spiro atoms. The zero-order chi connectivity index (χ0) is 12.8. The Morgan fingerprint density at radius 2 is 2.18 bits per heavy atom. The molecule has 0 aliphatic heterocycles. The summed E-state index contributed by atoms with van der Waals surface area (Å²) < 4.78 is 0. The number of carbonyl (C=O) groups excluding carboxylic acids is 1. The molecule has 0 saturated heterocycles. The maximum Gasteiger partial charge on any atom is 0.271 e. The molecule has 17 heavy (non-hydrogen) atoms. The standard InChI is InChI=1S/C11H17ClN4O/c1-8(2)16(3)5-4-13-11(17)9-6-15-10(12)7-14-9/h6-8H,4-5H2,1-3H3,(H,13,17). The second-order valence-corrected chi connectivity index (χ2v) is 4.44. The average molecular weight is 257 g/mol. The molecule has 1 rings (SSSR count). The Hall–Kier alpha value is -1.20. The lowest BCUT2D eigenvalue weighted by molar-refractivity contribution is 0.0942. The van der Waals surface area contributed by atoms with Gasteiger partial charge in [0.05, 0.1) is 12.4 Å². The van der Waals surface area contributed by atoms with E-state index in [1.807, 2.05) is 7.05 Å². The number of carbonyl (C=O) groups is 1. The lowest BCUT2D eigenvalue weighted by Gasteiger charge is -2.20. The van der Waals surface area contributed by atoms with Gasteiger partial charge in [-0.05, 0) is 20.9 Å². The summed E-state index contributed by atoms with van der Waals surface area (Å²) in [4.78, 5) is 21.5. The molecule has 0 aliphatic carbocycles. The maximum atomic E-state index is 11.6. The zero-order valence-electron chi connectivity index (χ0n) is 10.3. The molecule has 1 N–H and O–H groups in total. The topological polar surface area (TPSA) is 58.1 Å². The fourth-order valence-electron chi connectivity index (χ4n) is 1.12. The number of nitrogens with one attached hydrogen (secondary N) is 1. The molecule has 1 aromatic heterocycles. The van der Waals surface area contributed by atoms with Gasteiger partial charge in [0, 0.05) is 19.1 Å². The first-order valence-corrected chi connectivity index (χ1v) is 5.84. The third-order valence-electron chi connectivity index (χ3n) is 2.48. The molecular formula is C11H17ClN4O. The van der Waals surface area contributed by atoms with E-state index >= 15 is 0 Å². The minimum absolute atomic E-state index is 0.230. The lowest BCUT2D eigenvalue weighted by atomic mass is 10.3. The smallest absolute Gasteiger partial charge is 0.271 e. The van der Waals surface area contributed by atoms with Crippen LogP contribution >= 0.6 is 11.6 Å². The second-order valence-electron chi connectivity index (χ2n) is 4.05. The minimum Gasteiger partial charge on any atom is -0.349 e. The van der Waals surface area contributed by atoms with Crippen LogP contribution in [0, 0.1) is 0 Å². The average Bonchev–Trinajstić information content (AvgIpc) is 2.29. The van der Waals surface area contributed by atoms with Gasteiger partial charge >= 0.3 is 0 Å². The van der Waals surface area contributed by atoms with E-state index in [1.165, 1.54) is 12.4 Å². The monoisotopic (exact) mass is 256 g/mol. The van der Waals surface area contributed by atoms with E-state index in [1.54, 1.807) is 0 Å². The Labute approximate surface area is 106 Å². The Morgan fingerprint density at radius 1 is 1.47 bits per heavy atom. The number of hydrogen-bond donors (Lipinski definition) is 1. The second kappa shape index (κ2) is 6.51. The van der Waals surface area contributed by atoms with Gasteiger partial charge in [-0.2, -0.15) is 0 Å². The number of amides is 1. The van der Waals surface area contributed by atoms with Crippen LogP contribution in [0.25, 0.3) is 0 Å². The fourth-order valence-corrected chi connectivity index (χ4v) is 1.22. The molecule has 0 aromatic carbocycles. The normalized spacial score (nSPS) is 10.9. The van der Waals surface area contributed by atoms with Crippen LogP contribution in [0.5, 0.6) is 0 Å². The number of aromatic nitrogens is 2. The molecule has 0 saturated carbocycles. The molecule has 1 amide bonds. The molecule has 0 fully saturated rings. The van der Waals surface area contributed by atoms with Gasteiger partial charge in [-0.15, -0.1) is 0 Å². The highest BCUT2D eigenvalue weighted by atomic mass is 35.5. The summed E-state index contributed by atoms with van der Waals surface area (Å²) in [6.45, 7) is 5.58. The first kappa shape index (κ1) is 13.9. The molecule has 0 bridgehead atoms. The van der Waals surface area contributed by atoms with E-state index in [4.69, 9.17) is 11.6 Å². The van der Waals surface area contributed by atoms with Crippen molar-refractivity contribution in [3.63, 3.8) is 0 Å². The highest BCUT2D eigenvalue weighted by Crippen LogP contribution is 2.00. The van der Waals surface area contributed by atoms with E-state index in [-0.39, 0.29) is 16.8 Å². The van der Waals surface area contributed by atoms with E-state index in [2.05, 4.69) is 34.0 Å². The number of rotatable bonds is 5. The van der Waals surface area contributed by atoms with Crippen molar-refractivity contribution < 1.29 is 4.79 Å². The van der Waals surface area contributed by atoms with E-state index in [0.29, 0.717) is 12.6 Å². The van der Waals surface area contributed by atoms with Crippen LogP contribution in [0.1, 0.15) is 24.3 Å². The molecule has 0 unspecified atom stereocenters. The van der Waals surface area contributed by atoms with Crippen molar-refractivity contribution in [3.05, 3.63) is 23.2 Å². The van der Waals surface area contributed by atoms with Gasteiger partial charge in [-0.25, -0.2) is 9.97 Å². The van der Waals surface area contributed by atoms with Gasteiger partial charge in [0.15, 0.2) is 0 Å². The van der Waals surface area contributed by atoms with Gasteiger partial charge in [0.1, 0.15) is 10.8 Å². The summed E-state index contributed by atoms with van der Waals surface area (Å²) in [5.74, 6) is -0.230. The van der Waals surface area contributed by atoms with Crippen molar-refractivity contribution in [3.8, 4) is 0 Å². The Kier molecular flexibility index (Phi) is 5.31. The molecule has 6 heteroatoms. The van der Waals surface area contributed by atoms with Crippen LogP contribution in [-0.4, -0.2) is 47.0 Å². The maximum absolute atomic E-state index is 11.6. The van der Waals surface area contributed by atoms with E-state index < -0.39 is 0 Å². The Bertz CT molecular complexity index is 366. The summed E-state index contributed by atoms with van der Waals surface area (Å²) >= 11 is 5.59. The summed E-state index contributed by atoms with van der Waals surface area (Å²) in [6, 6.07) is 0.460. The molecule has 5 nitrogen and oxygen atoms in total. The first-order chi connectivity index (χ1) is 8.00. The zero-order valence-corrected chi connectivity index (χ0v) is 11.0. The minimum atomic E-state index is -0.230. The highest BCUT2D eigenvalue weighted by Gasteiger charge is 2.08. The SMILES string of the molecule is CC(C)N(C)CCNC(=O)c1cnc(Cl)cn1. The summed E-state index contributed by atoms with van der Waals surface area (Å²) in [7, 11) is 2.01. The third kappa shape index (κ3) is 4.66. The first-order valence-electron chi connectivity index (χ1n) is 5.46. The van der Waals surface area contributed by atoms with Crippen LogP contribution in [0.2, 0.25) is 5.15 Å². The predicted octanol–water partition coefficient (Wildman–Crippen LogP) is 1.20. The van der Waals surface area contributed by atoms with Crippen molar-refractivity contribution in [1.82, 2.24) is 20.2 Å². The lowest BCUT2D eigenvalue weighted by Crippen LogP contribution is -2.36. The van der Waals surface area contributed by atoms with Gasteiger partial charge in [-0.3, -0.25) is 4.79 Å². The van der Waals surface area contributed by atoms with Crippen LogP contribution in [0.3, 0.4) is 0 Å². The highest BCUT2D eigenvalue weighted by molar-refractivity contribution is 6.29. The Morgan fingerprint density at radius 3 is 2.71 bits per heavy atom. The van der Waals surface area contributed by atoms with E-state index in [9.17, 15) is 4.79 Å². The fraction of sp³-hybridized carbons (Fsp3) is 0.545. The molecule has 0 atom stereocenters. The van der Waals surface area contributed by atoms with Gasteiger partial charge in [0.25, 0.3) is 5.91 Å². The van der Waals surface area contributed by atoms with Crippen LogP contribution in [-0.2, 0) is 0 Å². The number of halogens is 1. The van der Waals surface area contributed by atoms with Crippen LogP contribution < -0.4 is 5.32 Å². The largest absolute Gasteiger partial charge is 0.349 e. The van der Waals surface area contributed by atoms with Gasteiger partial charge < -0.3 is 10.2 Å². The molecule has 1 aromatic rings. The molecule has 0 aliphatic rings.